The second-order valence-electron chi connectivity index (χ2n) is 4.60. The van der Waals surface area contributed by atoms with Crippen molar-refractivity contribution in [1.29, 1.82) is 0 Å². The average molecular weight is 221 g/mol. The van der Waals surface area contributed by atoms with Gasteiger partial charge in [0.05, 0.1) is 12.7 Å². The molecule has 88 valence electrons. The first-order valence-corrected chi connectivity index (χ1v) is 5.76. The van der Waals surface area contributed by atoms with Gasteiger partial charge in [0.15, 0.2) is 0 Å². The van der Waals surface area contributed by atoms with Crippen LogP contribution in [0.2, 0.25) is 0 Å². The van der Waals surface area contributed by atoms with Crippen LogP contribution in [0.25, 0.3) is 0 Å². The molecule has 1 fully saturated rings. The van der Waals surface area contributed by atoms with Crippen molar-refractivity contribution < 1.29 is 9.84 Å². The van der Waals surface area contributed by atoms with Crippen LogP contribution < -0.4 is 10.5 Å². The van der Waals surface area contributed by atoms with Crippen molar-refractivity contribution in [1.82, 2.24) is 0 Å². The number of hydrogen-bond acceptors (Lipinski definition) is 3. The molecule has 0 heterocycles. The van der Waals surface area contributed by atoms with Gasteiger partial charge in [-0.25, -0.2) is 0 Å². The van der Waals surface area contributed by atoms with Crippen LogP contribution >= 0.6 is 0 Å². The van der Waals surface area contributed by atoms with E-state index in [2.05, 4.69) is 0 Å². The molecule has 0 radical (unpaired) electrons. The summed E-state index contributed by atoms with van der Waals surface area (Å²) in [5.74, 6) is 0.792. The maximum atomic E-state index is 10.6. The van der Waals surface area contributed by atoms with Gasteiger partial charge in [-0.15, -0.1) is 0 Å². The lowest BCUT2D eigenvalue weighted by Crippen LogP contribution is -2.36. The summed E-state index contributed by atoms with van der Waals surface area (Å²) in [6.45, 7) is 0. The smallest absolute Gasteiger partial charge is 0.119 e. The number of ether oxygens (including phenoxy) is 1. The number of benzene rings is 1. The second kappa shape index (κ2) is 4.44. The molecule has 3 nitrogen and oxygen atoms in total. The lowest BCUT2D eigenvalue weighted by atomic mass is 9.78. The Morgan fingerprint density at radius 1 is 1.38 bits per heavy atom. The molecule has 0 spiro atoms. The van der Waals surface area contributed by atoms with Gasteiger partial charge in [0.25, 0.3) is 0 Å². The van der Waals surface area contributed by atoms with Crippen LogP contribution in [0.3, 0.4) is 0 Å². The van der Waals surface area contributed by atoms with Gasteiger partial charge in [0.2, 0.25) is 0 Å². The van der Waals surface area contributed by atoms with Gasteiger partial charge >= 0.3 is 0 Å². The summed E-state index contributed by atoms with van der Waals surface area (Å²) in [4.78, 5) is 0. The molecule has 1 aromatic rings. The van der Waals surface area contributed by atoms with E-state index in [4.69, 9.17) is 10.5 Å². The summed E-state index contributed by atoms with van der Waals surface area (Å²) in [6.07, 6.45) is 3.24. The van der Waals surface area contributed by atoms with E-state index in [0.29, 0.717) is 0 Å². The first kappa shape index (κ1) is 11.4. The molecule has 0 atom stereocenters. The minimum atomic E-state index is -0.718. The predicted octanol–water partition coefficient (Wildman–Crippen LogP) is 1.78. The van der Waals surface area contributed by atoms with Crippen molar-refractivity contribution in [2.45, 2.75) is 37.3 Å². The summed E-state index contributed by atoms with van der Waals surface area (Å²) in [5.41, 5.74) is 6.08. The Kier molecular flexibility index (Phi) is 3.17. The van der Waals surface area contributed by atoms with Crippen molar-refractivity contribution in [3.8, 4) is 5.75 Å². The second-order valence-corrected chi connectivity index (χ2v) is 4.60. The van der Waals surface area contributed by atoms with E-state index >= 15 is 0 Å². The van der Waals surface area contributed by atoms with Crippen LogP contribution in [0.15, 0.2) is 24.3 Å². The zero-order chi connectivity index (χ0) is 11.6. The largest absolute Gasteiger partial charge is 0.497 e. The molecule has 2 rings (SSSR count). The molecule has 3 N–H and O–H groups in total. The molecule has 0 amide bonds. The molecular weight excluding hydrogens is 202 g/mol. The van der Waals surface area contributed by atoms with E-state index in [0.717, 1.165) is 37.0 Å². The summed E-state index contributed by atoms with van der Waals surface area (Å²) >= 11 is 0. The molecule has 0 bridgehead atoms. The fourth-order valence-corrected chi connectivity index (χ4v) is 2.32. The third-order valence-electron chi connectivity index (χ3n) is 3.46. The zero-order valence-corrected chi connectivity index (χ0v) is 9.65. The summed E-state index contributed by atoms with van der Waals surface area (Å²) in [6, 6.07) is 7.92. The van der Waals surface area contributed by atoms with Gasteiger partial charge in [0.1, 0.15) is 5.75 Å². The zero-order valence-electron chi connectivity index (χ0n) is 9.65. The fraction of sp³-hybridized carbons (Fsp3) is 0.538. The number of rotatable bonds is 2. The highest BCUT2D eigenvalue weighted by Gasteiger charge is 2.33. The van der Waals surface area contributed by atoms with Crippen molar-refractivity contribution in [2.24, 2.45) is 5.73 Å². The molecule has 1 aliphatic carbocycles. The third-order valence-corrected chi connectivity index (χ3v) is 3.46. The van der Waals surface area contributed by atoms with E-state index in [1.165, 1.54) is 0 Å². The van der Waals surface area contributed by atoms with Gasteiger partial charge in [0, 0.05) is 6.04 Å². The van der Waals surface area contributed by atoms with Crippen LogP contribution in [-0.4, -0.2) is 18.3 Å². The Balaban J connectivity index is 2.21. The first-order chi connectivity index (χ1) is 7.64. The Morgan fingerprint density at radius 3 is 2.69 bits per heavy atom. The van der Waals surface area contributed by atoms with E-state index in [1.54, 1.807) is 7.11 Å². The van der Waals surface area contributed by atoms with Gasteiger partial charge < -0.3 is 15.6 Å². The van der Waals surface area contributed by atoms with Gasteiger partial charge in [-0.3, -0.25) is 0 Å². The standard InChI is InChI=1S/C13H19NO2/c1-16-12-4-2-3-10(9-12)13(15)7-5-11(14)6-8-13/h2-4,9,11,15H,5-8,14H2,1H3. The van der Waals surface area contributed by atoms with Crippen LogP contribution in [0, 0.1) is 0 Å². The lowest BCUT2D eigenvalue weighted by Gasteiger charge is -2.35. The van der Waals surface area contributed by atoms with Crippen LogP contribution in [0.4, 0.5) is 0 Å². The molecule has 1 aliphatic rings. The van der Waals surface area contributed by atoms with E-state index < -0.39 is 5.60 Å². The number of hydrogen-bond donors (Lipinski definition) is 2. The fourth-order valence-electron chi connectivity index (χ4n) is 2.32. The Hall–Kier alpha value is -1.06. The molecule has 1 saturated carbocycles. The van der Waals surface area contributed by atoms with Crippen LogP contribution in [0.1, 0.15) is 31.2 Å². The molecule has 0 aliphatic heterocycles. The summed E-state index contributed by atoms with van der Waals surface area (Å²) in [5, 5.41) is 10.6. The van der Waals surface area contributed by atoms with E-state index in [-0.39, 0.29) is 6.04 Å². The van der Waals surface area contributed by atoms with Crippen molar-refractivity contribution in [3.05, 3.63) is 29.8 Å². The molecule has 0 unspecified atom stereocenters. The van der Waals surface area contributed by atoms with E-state index in [1.807, 2.05) is 24.3 Å². The molecule has 3 heteroatoms. The van der Waals surface area contributed by atoms with Gasteiger partial charge in [-0.2, -0.15) is 0 Å². The Labute approximate surface area is 96.2 Å². The average Bonchev–Trinajstić information content (AvgIpc) is 2.33. The van der Waals surface area contributed by atoms with Crippen molar-refractivity contribution >= 4 is 0 Å². The van der Waals surface area contributed by atoms with Gasteiger partial charge in [-0.05, 0) is 43.4 Å². The predicted molar refractivity (Wildman–Crippen MR) is 63.3 cm³/mol. The van der Waals surface area contributed by atoms with Gasteiger partial charge in [-0.1, -0.05) is 12.1 Å². The molecule has 1 aromatic carbocycles. The molecule has 0 aromatic heterocycles. The van der Waals surface area contributed by atoms with E-state index in [9.17, 15) is 5.11 Å². The number of methoxy groups -OCH3 is 1. The summed E-state index contributed by atoms with van der Waals surface area (Å²) in [7, 11) is 1.64. The van der Waals surface area contributed by atoms with Crippen LogP contribution in [-0.2, 0) is 5.60 Å². The highest BCUT2D eigenvalue weighted by atomic mass is 16.5. The third kappa shape index (κ3) is 2.20. The SMILES string of the molecule is COc1cccc(C2(O)CCC(N)CC2)c1. The molecule has 0 saturated heterocycles. The first-order valence-electron chi connectivity index (χ1n) is 5.76. The Morgan fingerprint density at radius 2 is 2.06 bits per heavy atom. The monoisotopic (exact) mass is 221 g/mol. The highest BCUT2D eigenvalue weighted by Crippen LogP contribution is 2.37. The molecular formula is C13H19NO2. The van der Waals surface area contributed by atoms with Crippen LogP contribution in [0.5, 0.6) is 5.75 Å². The normalized spacial score (nSPS) is 30.1. The maximum absolute atomic E-state index is 10.6. The number of nitrogens with two attached hydrogens (primary N) is 1. The number of aliphatic hydroxyl groups is 1. The van der Waals surface area contributed by atoms with Crippen molar-refractivity contribution in [3.63, 3.8) is 0 Å². The quantitative estimate of drug-likeness (QED) is 0.800. The Bertz CT molecular complexity index is 357. The van der Waals surface area contributed by atoms with Crippen molar-refractivity contribution in [2.75, 3.05) is 7.11 Å². The molecule has 16 heavy (non-hydrogen) atoms. The lowest BCUT2D eigenvalue weighted by molar-refractivity contribution is -0.00511. The minimum absolute atomic E-state index is 0.242. The minimum Gasteiger partial charge on any atom is -0.497 e. The summed E-state index contributed by atoms with van der Waals surface area (Å²) < 4.78 is 5.18. The maximum Gasteiger partial charge on any atom is 0.119 e. The topological polar surface area (TPSA) is 55.5 Å². The highest BCUT2D eigenvalue weighted by molar-refractivity contribution is 5.32.